The van der Waals surface area contributed by atoms with Gasteiger partial charge >= 0.3 is 0 Å². The molecule has 0 aliphatic rings. The molecular weight excluding hydrogens is 196 g/mol. The summed E-state index contributed by atoms with van der Waals surface area (Å²) in [6.07, 6.45) is 10.3. The summed E-state index contributed by atoms with van der Waals surface area (Å²) in [7, 11) is 0. The number of hydrogen-bond donors (Lipinski definition) is 1. The summed E-state index contributed by atoms with van der Waals surface area (Å²) in [6, 6.07) is 0. The maximum atomic E-state index is 8.87. The molecule has 0 aliphatic heterocycles. The summed E-state index contributed by atoms with van der Waals surface area (Å²) in [6.45, 7) is 7.30. The molecule has 16 heavy (non-hydrogen) atoms. The molecule has 1 nitrogen and oxygen atoms in total. The Kier molecular flexibility index (Phi) is 7.79. The van der Waals surface area contributed by atoms with Crippen LogP contribution in [0.5, 0.6) is 0 Å². The molecule has 0 fully saturated rings. The maximum Gasteiger partial charge on any atom is 0.0614 e. The van der Waals surface area contributed by atoms with E-state index in [0.29, 0.717) is 0 Å². The molecule has 0 radical (unpaired) electrons. The van der Waals surface area contributed by atoms with Crippen molar-refractivity contribution in [1.82, 2.24) is 0 Å². The molecule has 0 rings (SSSR count). The van der Waals surface area contributed by atoms with E-state index in [9.17, 15) is 0 Å². The monoisotopic (exact) mass is 223 g/mol. The van der Waals surface area contributed by atoms with Gasteiger partial charge < -0.3 is 5.11 Å². The van der Waals surface area contributed by atoms with Gasteiger partial charge in [-0.1, -0.05) is 34.9 Å². The van der Waals surface area contributed by atoms with Gasteiger partial charge in [-0.25, -0.2) is 0 Å². The third-order valence-electron chi connectivity index (χ3n) is 2.48. The fourth-order valence-corrected chi connectivity index (χ4v) is 1.45. The van der Waals surface area contributed by atoms with E-state index in [4.69, 9.17) is 6.48 Å². The molecule has 1 N–H and O–H groups in total. The summed E-state index contributed by atoms with van der Waals surface area (Å²) in [5, 5.41) is 8.87. The Hall–Kier alpha value is -0.820. The van der Waals surface area contributed by atoms with Crippen molar-refractivity contribution in [2.75, 3.05) is 6.58 Å². The lowest BCUT2D eigenvalue weighted by molar-refractivity contribution is 0.341. The van der Waals surface area contributed by atoms with E-state index in [0.717, 1.165) is 31.3 Å². The van der Waals surface area contributed by atoms with Crippen LogP contribution in [0.1, 0.15) is 54.7 Å². The highest BCUT2D eigenvalue weighted by atomic mass is 16.2. The average Bonchev–Trinajstić information content (AvgIpc) is 2.15. The molecule has 0 saturated carbocycles. The highest BCUT2D eigenvalue weighted by Gasteiger charge is 1.91. The van der Waals surface area contributed by atoms with E-state index in [1.807, 2.05) is 6.92 Å². The third kappa shape index (κ3) is 9.72. The van der Waals surface area contributed by atoms with Crippen LogP contribution in [0.3, 0.4) is 0 Å². The van der Waals surface area contributed by atoms with Crippen molar-refractivity contribution in [3.8, 4) is 0 Å². The Morgan fingerprint density at radius 1 is 0.938 bits per heavy atom. The largest absolute Gasteiger partial charge is 0.392 e. The van der Waals surface area contributed by atoms with E-state index in [1.165, 1.54) is 11.1 Å². The van der Waals surface area contributed by atoms with Crippen molar-refractivity contribution in [3.63, 3.8) is 0 Å². The van der Waals surface area contributed by atoms with Crippen LogP contribution < -0.4 is 0 Å². The molecule has 1 heteroatoms. The van der Waals surface area contributed by atoms with Crippen molar-refractivity contribution in [2.24, 2.45) is 0 Å². The number of allylic oxidation sites excluding steroid dienone is 5. The molecule has 0 saturated heterocycles. The van der Waals surface area contributed by atoms with Crippen LogP contribution in [0, 0.1) is 0 Å². The zero-order valence-electron chi connectivity index (χ0n) is 12.1. The van der Waals surface area contributed by atoms with Crippen LogP contribution in [0.4, 0.5) is 0 Å². The van der Waals surface area contributed by atoms with Crippen LogP contribution in [-0.4, -0.2) is 11.7 Å². The van der Waals surface area contributed by atoms with Gasteiger partial charge in [-0.2, -0.15) is 0 Å². The number of hydrogen-bond acceptors (Lipinski definition) is 1. The van der Waals surface area contributed by atoms with E-state index >= 15 is 0 Å². The Morgan fingerprint density at radius 3 is 1.94 bits per heavy atom. The van der Waals surface area contributed by atoms with Gasteiger partial charge in [0.1, 0.15) is 0 Å². The highest BCUT2D eigenvalue weighted by molar-refractivity contribution is 5.05. The van der Waals surface area contributed by atoms with Gasteiger partial charge in [0.2, 0.25) is 0 Å². The first-order valence-electron chi connectivity index (χ1n) is 6.56. The van der Waals surface area contributed by atoms with E-state index in [2.05, 4.69) is 32.9 Å². The summed E-state index contributed by atoms with van der Waals surface area (Å²) >= 11 is 0. The Bertz CT molecular complexity index is 294. The summed E-state index contributed by atoms with van der Waals surface area (Å²) in [5.41, 5.74) is 3.88. The van der Waals surface area contributed by atoms with E-state index < -0.39 is 6.58 Å². The Labute approximate surface area is 102 Å². The first-order valence-corrected chi connectivity index (χ1v) is 5.98. The lowest BCUT2D eigenvalue weighted by Crippen LogP contribution is -1.82. The zero-order valence-corrected chi connectivity index (χ0v) is 11.1. The average molecular weight is 223 g/mol. The molecule has 0 aromatic carbocycles. The molecule has 0 aromatic heterocycles. The number of rotatable bonds is 7. The van der Waals surface area contributed by atoms with Crippen LogP contribution >= 0.6 is 0 Å². The van der Waals surface area contributed by atoms with Gasteiger partial charge in [0.15, 0.2) is 0 Å². The second kappa shape index (κ2) is 9.41. The molecule has 0 heterocycles. The normalized spacial score (nSPS) is 15.7. The minimum absolute atomic E-state index is 0.927. The molecule has 0 bridgehead atoms. The van der Waals surface area contributed by atoms with Crippen molar-refractivity contribution in [2.45, 2.75) is 53.4 Å². The second-order valence-corrected chi connectivity index (χ2v) is 4.57. The summed E-state index contributed by atoms with van der Waals surface area (Å²) in [5.74, 6) is 0. The Morgan fingerprint density at radius 2 is 1.44 bits per heavy atom. The Balaban J connectivity index is 3.88. The van der Waals surface area contributed by atoms with Crippen LogP contribution in [0.25, 0.3) is 0 Å². The van der Waals surface area contributed by atoms with Crippen LogP contribution in [-0.2, 0) is 0 Å². The predicted octanol–water partition coefficient (Wildman–Crippen LogP) is 4.40. The third-order valence-corrected chi connectivity index (χ3v) is 2.48. The maximum absolute atomic E-state index is 8.87. The van der Waals surface area contributed by atoms with Gasteiger partial charge in [0.05, 0.1) is 7.95 Å². The van der Waals surface area contributed by atoms with Crippen LogP contribution in [0.15, 0.2) is 34.9 Å². The molecule has 0 spiro atoms. The summed E-state index contributed by atoms with van der Waals surface area (Å²) in [4.78, 5) is 0. The van der Waals surface area contributed by atoms with Gasteiger partial charge in [-0.3, -0.25) is 0 Å². The van der Waals surface area contributed by atoms with Gasteiger partial charge in [-0.15, -0.1) is 0 Å². The topological polar surface area (TPSA) is 20.2 Å². The smallest absolute Gasteiger partial charge is 0.0614 e. The molecule has 0 unspecified atom stereocenters. The first-order chi connectivity index (χ1) is 7.91. The molecule has 0 aliphatic carbocycles. The standard InChI is InChI=1S/C15H26O/c1-13(2)7-5-8-14(3)9-6-10-15(4)11-12-16/h7,9,11,16H,5-6,8,10,12H2,1-4H3/b14-9-,15-11+/i12D/t12-/m0/s1. The van der Waals surface area contributed by atoms with Gasteiger partial charge in [-0.05, 0) is 53.4 Å². The van der Waals surface area contributed by atoms with E-state index in [1.54, 1.807) is 6.08 Å². The first kappa shape index (κ1) is 13.2. The van der Waals surface area contributed by atoms with Gasteiger partial charge in [0, 0.05) is 0 Å². The van der Waals surface area contributed by atoms with Gasteiger partial charge in [0.25, 0.3) is 0 Å². The molecule has 92 valence electrons. The van der Waals surface area contributed by atoms with Crippen molar-refractivity contribution in [1.29, 1.82) is 0 Å². The fraction of sp³-hybridized carbons (Fsp3) is 0.600. The quantitative estimate of drug-likeness (QED) is 0.634. The molecule has 1 atom stereocenters. The highest BCUT2D eigenvalue weighted by Crippen LogP contribution is 2.10. The zero-order chi connectivity index (χ0) is 13.3. The lowest BCUT2D eigenvalue weighted by atomic mass is 10.1. The van der Waals surface area contributed by atoms with Crippen molar-refractivity contribution in [3.05, 3.63) is 34.9 Å². The molecule has 0 amide bonds. The molecular formula is C15H26O. The number of aliphatic hydroxyl groups excluding tert-OH is 1. The van der Waals surface area contributed by atoms with Crippen molar-refractivity contribution < 1.29 is 6.48 Å². The van der Waals surface area contributed by atoms with Crippen LogP contribution in [0.2, 0.25) is 0 Å². The number of aliphatic hydroxyl groups is 1. The minimum atomic E-state index is -1.07. The minimum Gasteiger partial charge on any atom is -0.392 e. The lowest BCUT2D eigenvalue weighted by Gasteiger charge is -2.00. The fourth-order valence-electron chi connectivity index (χ4n) is 1.45. The van der Waals surface area contributed by atoms with E-state index in [-0.39, 0.29) is 0 Å². The molecule has 0 aromatic rings. The summed E-state index contributed by atoms with van der Waals surface area (Å²) < 4.78 is 7.02. The SMILES string of the molecule is [2H][C@H](O)/C=C(\C)CC/C=C(/C)CCC=C(C)C. The predicted molar refractivity (Wildman–Crippen MR) is 72.5 cm³/mol. The van der Waals surface area contributed by atoms with Crippen molar-refractivity contribution >= 4 is 0 Å². The second-order valence-electron chi connectivity index (χ2n) is 4.57.